The minimum absolute atomic E-state index is 0.135. The summed E-state index contributed by atoms with van der Waals surface area (Å²) < 4.78 is 46.5. The third-order valence-corrected chi connectivity index (χ3v) is 4.74. The number of alkyl halides is 3. The molecule has 0 radical (unpaired) electrons. The number of hydrogen-bond donors (Lipinski definition) is 0. The molecule has 0 saturated heterocycles. The van der Waals surface area contributed by atoms with Crippen LogP contribution < -0.4 is 4.74 Å². The first-order valence-corrected chi connectivity index (χ1v) is 9.39. The van der Waals surface area contributed by atoms with Crippen molar-refractivity contribution in [2.75, 3.05) is 0 Å². The van der Waals surface area contributed by atoms with Crippen LogP contribution >= 0.6 is 0 Å². The van der Waals surface area contributed by atoms with Crippen molar-refractivity contribution >= 4 is 0 Å². The van der Waals surface area contributed by atoms with Gasteiger partial charge in [-0.25, -0.2) is 0 Å². The molecule has 5 heteroatoms. The Morgan fingerprint density at radius 1 is 0.733 bits per heavy atom. The Morgan fingerprint density at radius 2 is 1.47 bits per heavy atom. The Hall–Kier alpha value is -3.60. The highest BCUT2D eigenvalue weighted by Gasteiger charge is 2.34. The molecule has 4 rings (SSSR count). The molecular weight excluding hydrogens is 387 g/mol. The molecule has 0 bridgehead atoms. The van der Waals surface area contributed by atoms with Crippen LogP contribution in [0.2, 0.25) is 0 Å². The largest absolute Gasteiger partial charge is 0.489 e. The highest BCUT2D eigenvalue weighted by atomic mass is 19.4. The van der Waals surface area contributed by atoms with E-state index in [-0.39, 0.29) is 17.9 Å². The van der Waals surface area contributed by atoms with Gasteiger partial charge in [0.25, 0.3) is 0 Å². The maximum Gasteiger partial charge on any atom is 0.417 e. The van der Waals surface area contributed by atoms with Crippen LogP contribution in [-0.2, 0) is 12.8 Å². The fourth-order valence-corrected chi connectivity index (χ4v) is 3.21. The van der Waals surface area contributed by atoms with E-state index < -0.39 is 11.7 Å². The summed E-state index contributed by atoms with van der Waals surface area (Å²) in [6.07, 6.45) is -0.988. The topological polar surface area (TPSA) is 22.1 Å². The summed E-state index contributed by atoms with van der Waals surface area (Å²) in [5, 5.41) is 0. The van der Waals surface area contributed by atoms with Crippen molar-refractivity contribution < 1.29 is 17.9 Å². The van der Waals surface area contributed by atoms with Crippen LogP contribution in [0.5, 0.6) is 5.75 Å². The zero-order valence-electron chi connectivity index (χ0n) is 15.9. The average molecular weight is 405 g/mol. The zero-order chi connectivity index (χ0) is 21.0. The Kier molecular flexibility index (Phi) is 5.53. The lowest BCUT2D eigenvalue weighted by Crippen LogP contribution is -2.08. The van der Waals surface area contributed by atoms with E-state index in [9.17, 15) is 13.2 Å². The second-order valence-corrected chi connectivity index (χ2v) is 6.80. The normalized spacial score (nSPS) is 11.3. The van der Waals surface area contributed by atoms with E-state index in [4.69, 9.17) is 4.74 Å². The smallest absolute Gasteiger partial charge is 0.417 e. The van der Waals surface area contributed by atoms with Crippen LogP contribution in [0.4, 0.5) is 13.2 Å². The second kappa shape index (κ2) is 8.41. The van der Waals surface area contributed by atoms with Crippen molar-refractivity contribution in [2.45, 2.75) is 12.8 Å². The molecule has 30 heavy (non-hydrogen) atoms. The molecule has 0 fully saturated rings. The van der Waals surface area contributed by atoms with Crippen molar-refractivity contribution in [3.05, 3.63) is 108 Å². The SMILES string of the molecule is FC(F)(F)c1cc(OCc2ccc(-c3cccnc3)cc2)ccc1-c1ccccc1. The molecule has 150 valence electrons. The number of nitrogens with zero attached hydrogens (tertiary/aromatic N) is 1. The van der Waals surface area contributed by atoms with Gasteiger partial charge in [0.05, 0.1) is 5.56 Å². The van der Waals surface area contributed by atoms with Crippen LogP contribution in [0.1, 0.15) is 11.1 Å². The van der Waals surface area contributed by atoms with E-state index in [1.807, 2.05) is 36.4 Å². The molecular formula is C25H18F3NO. The fraction of sp³-hybridized carbons (Fsp3) is 0.0800. The first kappa shape index (κ1) is 19.7. The van der Waals surface area contributed by atoms with Crippen molar-refractivity contribution in [3.63, 3.8) is 0 Å². The molecule has 0 saturated carbocycles. The molecule has 0 atom stereocenters. The number of aromatic nitrogens is 1. The fourth-order valence-electron chi connectivity index (χ4n) is 3.21. The lowest BCUT2D eigenvalue weighted by Gasteiger charge is -2.15. The maximum atomic E-state index is 13.6. The van der Waals surface area contributed by atoms with Crippen LogP contribution in [-0.4, -0.2) is 4.98 Å². The average Bonchev–Trinajstić information content (AvgIpc) is 2.78. The molecule has 0 spiro atoms. The number of hydrogen-bond acceptors (Lipinski definition) is 2. The van der Waals surface area contributed by atoms with Gasteiger partial charge in [0.2, 0.25) is 0 Å². The highest BCUT2D eigenvalue weighted by Crippen LogP contribution is 2.39. The summed E-state index contributed by atoms with van der Waals surface area (Å²) in [7, 11) is 0. The lowest BCUT2D eigenvalue weighted by molar-refractivity contribution is -0.137. The van der Waals surface area contributed by atoms with Crippen LogP contribution in [0.25, 0.3) is 22.3 Å². The summed E-state index contributed by atoms with van der Waals surface area (Å²) in [5.41, 5.74) is 2.81. The summed E-state index contributed by atoms with van der Waals surface area (Å²) in [5.74, 6) is 0.179. The number of rotatable bonds is 5. The quantitative estimate of drug-likeness (QED) is 0.356. The molecule has 0 amide bonds. The Bertz CT molecular complexity index is 1110. The molecule has 0 aliphatic heterocycles. The minimum atomic E-state index is -4.48. The monoisotopic (exact) mass is 405 g/mol. The summed E-state index contributed by atoms with van der Waals surface area (Å²) >= 11 is 0. The third-order valence-electron chi connectivity index (χ3n) is 4.74. The van der Waals surface area contributed by atoms with Gasteiger partial charge in [-0.2, -0.15) is 13.2 Å². The van der Waals surface area contributed by atoms with E-state index in [0.29, 0.717) is 5.56 Å². The second-order valence-electron chi connectivity index (χ2n) is 6.80. The Balaban J connectivity index is 1.52. The van der Waals surface area contributed by atoms with Crippen molar-refractivity contribution in [2.24, 2.45) is 0 Å². The maximum absolute atomic E-state index is 13.6. The number of pyridine rings is 1. The van der Waals surface area contributed by atoms with Gasteiger partial charge in [-0.15, -0.1) is 0 Å². The highest BCUT2D eigenvalue weighted by molar-refractivity contribution is 5.69. The number of ether oxygens (including phenoxy) is 1. The predicted molar refractivity (Wildman–Crippen MR) is 111 cm³/mol. The summed E-state index contributed by atoms with van der Waals surface area (Å²) in [6, 6.07) is 24.1. The number of benzene rings is 3. The molecule has 0 N–H and O–H groups in total. The third kappa shape index (κ3) is 4.51. The first-order chi connectivity index (χ1) is 14.5. The van der Waals surface area contributed by atoms with E-state index in [1.165, 1.54) is 6.07 Å². The molecule has 1 heterocycles. The molecule has 1 aromatic heterocycles. The van der Waals surface area contributed by atoms with Crippen molar-refractivity contribution in [1.29, 1.82) is 0 Å². The van der Waals surface area contributed by atoms with E-state index >= 15 is 0 Å². The van der Waals surface area contributed by atoms with E-state index in [1.54, 1.807) is 48.8 Å². The Labute approximate surface area is 172 Å². The molecule has 4 aromatic rings. The van der Waals surface area contributed by atoms with Crippen molar-refractivity contribution in [3.8, 4) is 28.0 Å². The van der Waals surface area contributed by atoms with Gasteiger partial charge in [0.1, 0.15) is 12.4 Å². The van der Waals surface area contributed by atoms with Gasteiger partial charge in [-0.1, -0.05) is 66.7 Å². The predicted octanol–water partition coefficient (Wildman–Crippen LogP) is 7.01. The molecule has 2 nitrogen and oxygen atoms in total. The molecule has 3 aromatic carbocycles. The van der Waals surface area contributed by atoms with Gasteiger partial charge in [-0.05, 0) is 46.0 Å². The molecule has 0 aliphatic carbocycles. The van der Waals surface area contributed by atoms with Gasteiger partial charge >= 0.3 is 6.18 Å². The lowest BCUT2D eigenvalue weighted by atomic mass is 9.99. The summed E-state index contributed by atoms with van der Waals surface area (Å²) in [4.78, 5) is 4.10. The van der Waals surface area contributed by atoms with Gasteiger partial charge in [0, 0.05) is 12.4 Å². The summed E-state index contributed by atoms with van der Waals surface area (Å²) in [6.45, 7) is 0.176. The van der Waals surface area contributed by atoms with E-state index in [0.717, 1.165) is 22.8 Å². The Morgan fingerprint density at radius 3 is 2.13 bits per heavy atom. The van der Waals surface area contributed by atoms with Crippen LogP contribution in [0.15, 0.2) is 97.3 Å². The van der Waals surface area contributed by atoms with Crippen molar-refractivity contribution in [1.82, 2.24) is 4.98 Å². The van der Waals surface area contributed by atoms with Gasteiger partial charge < -0.3 is 4.74 Å². The molecule has 0 unspecified atom stereocenters. The first-order valence-electron chi connectivity index (χ1n) is 9.39. The van der Waals surface area contributed by atoms with E-state index in [2.05, 4.69) is 4.98 Å². The zero-order valence-corrected chi connectivity index (χ0v) is 15.9. The van der Waals surface area contributed by atoms with Gasteiger partial charge in [0.15, 0.2) is 0 Å². The van der Waals surface area contributed by atoms with Crippen LogP contribution in [0.3, 0.4) is 0 Å². The minimum Gasteiger partial charge on any atom is -0.489 e. The number of halogens is 3. The molecule has 0 aliphatic rings. The van der Waals surface area contributed by atoms with Gasteiger partial charge in [-0.3, -0.25) is 4.98 Å². The van der Waals surface area contributed by atoms with Crippen LogP contribution in [0, 0.1) is 0 Å². The standard InChI is InChI=1S/C25H18F3NO/c26-25(27,28)24-15-22(12-13-23(24)20-5-2-1-3-6-20)30-17-18-8-10-19(11-9-18)21-7-4-14-29-16-21/h1-16H,17H2.